The summed E-state index contributed by atoms with van der Waals surface area (Å²) in [5.74, 6) is -0.0197. The van der Waals surface area contributed by atoms with Gasteiger partial charge in [-0.15, -0.1) is 11.3 Å². The van der Waals surface area contributed by atoms with Gasteiger partial charge < -0.3 is 4.98 Å². The molecule has 128 valence electrons. The molecule has 6 nitrogen and oxygen atoms in total. The van der Waals surface area contributed by atoms with Crippen LogP contribution in [0.25, 0.3) is 17.8 Å². The number of carbonyl (C=O) groups excluding carboxylic acids is 1. The minimum Gasteiger partial charge on any atom is -0.313 e. The van der Waals surface area contributed by atoms with E-state index in [2.05, 4.69) is 15.1 Å². The topological polar surface area (TPSA) is 80.6 Å². The number of thiazole rings is 1. The zero-order chi connectivity index (χ0) is 18.0. The minimum absolute atomic E-state index is 0.0197. The molecule has 3 rings (SSSR count). The van der Waals surface area contributed by atoms with Crippen molar-refractivity contribution >= 4 is 29.3 Å². The van der Waals surface area contributed by atoms with Gasteiger partial charge in [0.15, 0.2) is 5.78 Å². The summed E-state index contributed by atoms with van der Waals surface area (Å²) in [6.45, 7) is 5.55. The van der Waals surface area contributed by atoms with E-state index >= 15 is 0 Å². The van der Waals surface area contributed by atoms with Gasteiger partial charge in [0.1, 0.15) is 12.7 Å². The van der Waals surface area contributed by atoms with Crippen molar-refractivity contribution < 1.29 is 4.79 Å². The maximum atomic E-state index is 12.1. The summed E-state index contributed by atoms with van der Waals surface area (Å²) < 4.78 is 2.78. The lowest BCUT2D eigenvalue weighted by Gasteiger charge is -2.12. The van der Waals surface area contributed by atoms with E-state index in [1.165, 1.54) is 23.7 Å². The first-order chi connectivity index (χ1) is 11.8. The third kappa shape index (κ3) is 4.00. The number of Topliss-reactive ketones (excluding diaryl/α,β-unsaturated/α-hetero) is 1. The van der Waals surface area contributed by atoms with Crippen LogP contribution in [0.15, 0.2) is 41.7 Å². The number of aromatic amines is 1. The molecule has 0 amide bonds. The quantitative estimate of drug-likeness (QED) is 0.767. The number of benzene rings is 1. The SMILES string of the molecule is CC(C)(C)C(=O)/C=c1\[nH]c(=O)/c(=C/c2ccc(-n3cncn3)cc2)s1. The van der Waals surface area contributed by atoms with E-state index in [4.69, 9.17) is 0 Å². The third-order valence-electron chi connectivity index (χ3n) is 3.56. The Balaban J connectivity index is 1.93. The van der Waals surface area contributed by atoms with Gasteiger partial charge in [-0.1, -0.05) is 32.9 Å². The predicted octanol–water partition coefficient (Wildman–Crippen LogP) is 1.24. The molecule has 0 aliphatic carbocycles. The first kappa shape index (κ1) is 17.0. The number of ketones is 1. The molecule has 1 aromatic carbocycles. The van der Waals surface area contributed by atoms with E-state index in [0.29, 0.717) is 9.20 Å². The van der Waals surface area contributed by atoms with Crippen molar-refractivity contribution in [3.63, 3.8) is 0 Å². The highest BCUT2D eigenvalue weighted by atomic mass is 32.1. The van der Waals surface area contributed by atoms with Crippen LogP contribution >= 0.6 is 11.3 Å². The first-order valence-electron chi connectivity index (χ1n) is 7.75. The van der Waals surface area contributed by atoms with Crippen molar-refractivity contribution in [2.45, 2.75) is 20.8 Å². The highest BCUT2D eigenvalue weighted by Crippen LogP contribution is 2.14. The minimum atomic E-state index is -0.470. The molecule has 0 radical (unpaired) electrons. The number of rotatable bonds is 3. The van der Waals surface area contributed by atoms with Crippen LogP contribution in [0.4, 0.5) is 0 Å². The van der Waals surface area contributed by atoms with Gasteiger partial charge in [-0.3, -0.25) is 9.59 Å². The van der Waals surface area contributed by atoms with E-state index < -0.39 is 5.41 Å². The standard InChI is InChI=1S/C18H18N4O2S/c1-18(2,3)15(23)9-16-21-17(24)14(25-16)8-12-4-6-13(7-5-12)22-11-19-10-20-22/h4-11H,1-3H3,(H,21,24)/b14-8-,16-9+. The Morgan fingerprint density at radius 2 is 1.96 bits per heavy atom. The summed E-state index contributed by atoms with van der Waals surface area (Å²) in [7, 11) is 0. The van der Waals surface area contributed by atoms with Gasteiger partial charge in [0, 0.05) is 11.5 Å². The summed E-state index contributed by atoms with van der Waals surface area (Å²) in [6, 6.07) is 7.61. The second-order valence-corrected chi connectivity index (χ2v) is 7.70. The second kappa shape index (κ2) is 6.60. The van der Waals surface area contributed by atoms with Crippen LogP contribution in [-0.2, 0) is 4.79 Å². The molecular formula is C18H18N4O2S. The van der Waals surface area contributed by atoms with Gasteiger partial charge in [-0.05, 0) is 23.8 Å². The van der Waals surface area contributed by atoms with Crippen molar-refractivity contribution in [1.82, 2.24) is 19.7 Å². The molecule has 2 aromatic heterocycles. The number of carbonyl (C=O) groups is 1. The molecule has 7 heteroatoms. The molecule has 3 aromatic rings. The van der Waals surface area contributed by atoms with Gasteiger partial charge in [0.05, 0.1) is 14.9 Å². The summed E-state index contributed by atoms with van der Waals surface area (Å²) in [5.41, 5.74) is 1.12. The molecule has 2 heterocycles. The van der Waals surface area contributed by atoms with Crippen LogP contribution in [0.5, 0.6) is 0 Å². The average molecular weight is 354 g/mol. The van der Waals surface area contributed by atoms with Gasteiger partial charge in [-0.25, -0.2) is 9.67 Å². The van der Waals surface area contributed by atoms with Gasteiger partial charge >= 0.3 is 0 Å². The van der Waals surface area contributed by atoms with Crippen LogP contribution < -0.4 is 14.8 Å². The van der Waals surface area contributed by atoms with Crippen molar-refractivity contribution in [3.05, 3.63) is 62.0 Å². The number of H-pyrrole nitrogens is 1. The maximum absolute atomic E-state index is 12.1. The van der Waals surface area contributed by atoms with Crippen LogP contribution in [0.3, 0.4) is 0 Å². The summed E-state index contributed by atoms with van der Waals surface area (Å²) in [5, 5.41) is 4.07. The molecule has 0 atom stereocenters. The third-order valence-corrected chi connectivity index (χ3v) is 4.52. The molecule has 0 aliphatic rings. The van der Waals surface area contributed by atoms with Crippen LogP contribution in [0.1, 0.15) is 26.3 Å². The van der Waals surface area contributed by atoms with Gasteiger partial charge in [-0.2, -0.15) is 5.10 Å². The Morgan fingerprint density at radius 3 is 2.56 bits per heavy atom. The molecule has 0 aliphatic heterocycles. The lowest BCUT2D eigenvalue weighted by atomic mass is 9.91. The molecular weight excluding hydrogens is 336 g/mol. The van der Waals surface area contributed by atoms with E-state index in [0.717, 1.165) is 11.3 Å². The zero-order valence-corrected chi connectivity index (χ0v) is 15.0. The summed E-state index contributed by atoms with van der Waals surface area (Å²) in [4.78, 5) is 30.8. The lowest BCUT2D eigenvalue weighted by molar-refractivity contribution is -0.119. The maximum Gasteiger partial charge on any atom is 0.266 e. The Bertz CT molecular complexity index is 1050. The van der Waals surface area contributed by atoms with E-state index in [9.17, 15) is 9.59 Å². The Morgan fingerprint density at radius 1 is 1.24 bits per heavy atom. The van der Waals surface area contributed by atoms with Crippen molar-refractivity contribution in [2.75, 3.05) is 0 Å². The van der Waals surface area contributed by atoms with Crippen molar-refractivity contribution in [3.8, 4) is 5.69 Å². The molecule has 0 bridgehead atoms. The van der Waals surface area contributed by atoms with Crippen LogP contribution in [0.2, 0.25) is 0 Å². The van der Waals surface area contributed by atoms with E-state index in [-0.39, 0.29) is 11.3 Å². The molecule has 0 spiro atoms. The zero-order valence-electron chi connectivity index (χ0n) is 14.2. The Labute approximate surface area is 148 Å². The monoisotopic (exact) mass is 354 g/mol. The van der Waals surface area contributed by atoms with Crippen LogP contribution in [0, 0.1) is 5.41 Å². The number of hydrogen-bond acceptors (Lipinski definition) is 5. The summed E-state index contributed by atoms with van der Waals surface area (Å²) >= 11 is 1.27. The first-order valence-corrected chi connectivity index (χ1v) is 8.57. The Kier molecular flexibility index (Phi) is 4.50. The molecule has 25 heavy (non-hydrogen) atoms. The van der Waals surface area contributed by atoms with E-state index in [1.54, 1.807) is 17.1 Å². The largest absolute Gasteiger partial charge is 0.313 e. The number of nitrogens with one attached hydrogen (secondary N) is 1. The fraction of sp³-hybridized carbons (Fsp3) is 0.222. The molecule has 0 fully saturated rings. The molecule has 0 saturated carbocycles. The normalized spacial score (nSPS) is 13.4. The highest BCUT2D eigenvalue weighted by molar-refractivity contribution is 7.07. The molecule has 0 unspecified atom stereocenters. The molecule has 0 saturated heterocycles. The second-order valence-electron chi connectivity index (χ2n) is 6.62. The van der Waals surface area contributed by atoms with E-state index in [1.807, 2.05) is 45.0 Å². The number of nitrogens with zero attached hydrogens (tertiary/aromatic N) is 3. The number of aromatic nitrogens is 4. The Hall–Kier alpha value is -2.80. The fourth-order valence-corrected chi connectivity index (χ4v) is 2.96. The van der Waals surface area contributed by atoms with Crippen molar-refractivity contribution in [1.29, 1.82) is 0 Å². The fourth-order valence-electron chi connectivity index (χ4n) is 2.08. The van der Waals surface area contributed by atoms with Gasteiger partial charge in [0.25, 0.3) is 5.56 Å². The highest BCUT2D eigenvalue weighted by Gasteiger charge is 2.18. The average Bonchev–Trinajstić information content (AvgIpc) is 3.18. The van der Waals surface area contributed by atoms with Gasteiger partial charge in [0.2, 0.25) is 0 Å². The number of hydrogen-bond donors (Lipinski definition) is 1. The van der Waals surface area contributed by atoms with Crippen molar-refractivity contribution in [2.24, 2.45) is 5.41 Å². The molecule has 1 N–H and O–H groups in total. The summed E-state index contributed by atoms with van der Waals surface area (Å²) in [6.07, 6.45) is 6.39. The smallest absolute Gasteiger partial charge is 0.266 e. The predicted molar refractivity (Wildman–Crippen MR) is 98.0 cm³/mol. The van der Waals surface area contributed by atoms with Crippen LogP contribution in [-0.4, -0.2) is 25.5 Å². The lowest BCUT2D eigenvalue weighted by Crippen LogP contribution is -2.22.